The van der Waals surface area contributed by atoms with Gasteiger partial charge in [0.25, 0.3) is 0 Å². The van der Waals surface area contributed by atoms with Crippen molar-refractivity contribution in [1.29, 1.82) is 0 Å². The predicted octanol–water partition coefficient (Wildman–Crippen LogP) is 2.82. The molecular formula is C21H30N6O. The van der Waals surface area contributed by atoms with Gasteiger partial charge in [-0.2, -0.15) is 5.10 Å². The fourth-order valence-corrected chi connectivity index (χ4v) is 4.44. The van der Waals surface area contributed by atoms with Crippen molar-refractivity contribution in [3.05, 3.63) is 29.3 Å². The van der Waals surface area contributed by atoms with E-state index in [1.807, 2.05) is 42.5 Å². The third-order valence-electron chi connectivity index (χ3n) is 5.93. The smallest absolute Gasteiger partial charge is 0.222 e. The number of carbonyl (C=O) groups is 1. The Labute approximate surface area is 166 Å². The van der Waals surface area contributed by atoms with Gasteiger partial charge in [0.2, 0.25) is 5.91 Å². The fraction of sp³-hybridized carbons (Fsp3) is 0.619. The monoisotopic (exact) mass is 382 g/mol. The molecule has 0 unspecified atom stereocenters. The molecule has 7 nitrogen and oxygen atoms in total. The van der Waals surface area contributed by atoms with Gasteiger partial charge in [0.15, 0.2) is 5.82 Å². The van der Waals surface area contributed by atoms with Crippen molar-refractivity contribution in [2.45, 2.75) is 52.9 Å². The summed E-state index contributed by atoms with van der Waals surface area (Å²) in [7, 11) is 0. The predicted molar refractivity (Wildman–Crippen MR) is 109 cm³/mol. The first kappa shape index (κ1) is 18.9. The van der Waals surface area contributed by atoms with Crippen LogP contribution in [0.4, 0.5) is 5.82 Å². The van der Waals surface area contributed by atoms with Crippen LogP contribution < -0.4 is 4.90 Å². The topological polar surface area (TPSA) is 67.2 Å². The van der Waals surface area contributed by atoms with Gasteiger partial charge in [-0.15, -0.1) is 0 Å². The lowest BCUT2D eigenvalue weighted by Crippen LogP contribution is -2.49. The number of aryl methyl sites for hydroxylation is 3. The summed E-state index contributed by atoms with van der Waals surface area (Å²) >= 11 is 0. The van der Waals surface area contributed by atoms with Crippen LogP contribution >= 0.6 is 0 Å². The van der Waals surface area contributed by atoms with Gasteiger partial charge in [0.05, 0.1) is 5.69 Å². The lowest BCUT2D eigenvalue weighted by atomic mass is 10.0. The van der Waals surface area contributed by atoms with Gasteiger partial charge in [-0.1, -0.05) is 12.8 Å². The number of nitrogens with zero attached hydrogens (tertiary/aromatic N) is 6. The molecule has 1 saturated carbocycles. The van der Waals surface area contributed by atoms with E-state index in [1.54, 1.807) is 0 Å². The molecule has 3 heterocycles. The van der Waals surface area contributed by atoms with Crippen LogP contribution in [0.25, 0.3) is 5.82 Å². The van der Waals surface area contributed by atoms with E-state index in [2.05, 4.69) is 20.0 Å². The van der Waals surface area contributed by atoms with Crippen LogP contribution in [0.1, 0.15) is 49.3 Å². The van der Waals surface area contributed by atoms with Crippen LogP contribution in [-0.2, 0) is 4.79 Å². The summed E-state index contributed by atoms with van der Waals surface area (Å²) in [4.78, 5) is 26.1. The zero-order valence-electron chi connectivity index (χ0n) is 17.2. The maximum atomic E-state index is 12.6. The van der Waals surface area contributed by atoms with Crippen molar-refractivity contribution in [3.8, 4) is 5.82 Å². The van der Waals surface area contributed by atoms with Crippen molar-refractivity contribution >= 4 is 11.7 Å². The van der Waals surface area contributed by atoms with Gasteiger partial charge in [0, 0.05) is 44.4 Å². The molecule has 0 bridgehead atoms. The number of hydrogen-bond acceptors (Lipinski definition) is 5. The number of piperazine rings is 1. The van der Waals surface area contributed by atoms with Crippen LogP contribution in [0.5, 0.6) is 0 Å². The van der Waals surface area contributed by atoms with Crippen LogP contribution in [0.2, 0.25) is 0 Å². The molecule has 0 atom stereocenters. The van der Waals surface area contributed by atoms with E-state index in [-0.39, 0.29) is 0 Å². The highest BCUT2D eigenvalue weighted by molar-refractivity contribution is 5.76. The molecule has 2 fully saturated rings. The van der Waals surface area contributed by atoms with Gasteiger partial charge < -0.3 is 9.80 Å². The molecule has 0 radical (unpaired) electrons. The molecule has 1 aliphatic carbocycles. The minimum atomic E-state index is 0.328. The molecule has 2 aromatic heterocycles. The van der Waals surface area contributed by atoms with E-state index in [4.69, 9.17) is 0 Å². The Hall–Kier alpha value is -2.44. The summed E-state index contributed by atoms with van der Waals surface area (Å²) in [6.07, 6.45) is 5.75. The molecule has 28 heavy (non-hydrogen) atoms. The van der Waals surface area contributed by atoms with Gasteiger partial charge in [-0.05, 0) is 45.6 Å². The number of rotatable bonds is 4. The first-order valence-electron chi connectivity index (χ1n) is 10.4. The van der Waals surface area contributed by atoms with Crippen LogP contribution in [0, 0.1) is 26.7 Å². The Morgan fingerprint density at radius 3 is 2.32 bits per heavy atom. The summed E-state index contributed by atoms with van der Waals surface area (Å²) in [5.74, 6) is 3.39. The molecular weight excluding hydrogens is 352 g/mol. The van der Waals surface area contributed by atoms with E-state index in [0.717, 1.165) is 61.4 Å². The molecule has 2 aliphatic rings. The van der Waals surface area contributed by atoms with E-state index in [9.17, 15) is 4.79 Å². The Morgan fingerprint density at radius 2 is 1.68 bits per heavy atom. The van der Waals surface area contributed by atoms with Crippen LogP contribution in [0.3, 0.4) is 0 Å². The van der Waals surface area contributed by atoms with Gasteiger partial charge in [-0.25, -0.2) is 14.6 Å². The first-order valence-corrected chi connectivity index (χ1v) is 10.4. The molecule has 1 amide bonds. The van der Waals surface area contributed by atoms with Gasteiger partial charge >= 0.3 is 0 Å². The maximum Gasteiger partial charge on any atom is 0.222 e. The Balaban J connectivity index is 1.43. The fourth-order valence-electron chi connectivity index (χ4n) is 4.44. The molecule has 0 aromatic carbocycles. The van der Waals surface area contributed by atoms with Crippen LogP contribution in [0.15, 0.2) is 12.1 Å². The second kappa shape index (κ2) is 7.89. The normalized spacial score (nSPS) is 18.1. The minimum Gasteiger partial charge on any atom is -0.353 e. The molecule has 7 heteroatoms. The molecule has 0 N–H and O–H groups in total. The average Bonchev–Trinajstić information content (AvgIpc) is 3.30. The van der Waals surface area contributed by atoms with Gasteiger partial charge in [0.1, 0.15) is 11.6 Å². The second-order valence-electron chi connectivity index (χ2n) is 8.19. The van der Waals surface area contributed by atoms with Gasteiger partial charge in [-0.3, -0.25) is 4.79 Å². The second-order valence-corrected chi connectivity index (χ2v) is 8.19. The molecule has 1 saturated heterocycles. The third-order valence-corrected chi connectivity index (χ3v) is 5.93. The number of carbonyl (C=O) groups excluding carboxylic acids is 1. The standard InChI is InChI=1S/C21H30N6O/c1-15-12-16(2)27(24-15)20-14-19(22-17(3)23-20)25-8-10-26(11-9-25)21(28)13-18-6-4-5-7-18/h12,14,18H,4-11,13H2,1-3H3. The molecule has 150 valence electrons. The van der Waals surface area contributed by atoms with Crippen molar-refractivity contribution in [2.24, 2.45) is 5.92 Å². The van der Waals surface area contributed by atoms with Crippen molar-refractivity contribution in [3.63, 3.8) is 0 Å². The summed E-state index contributed by atoms with van der Waals surface area (Å²) in [5.41, 5.74) is 2.04. The highest BCUT2D eigenvalue weighted by Crippen LogP contribution is 2.28. The number of anilines is 1. The highest BCUT2D eigenvalue weighted by Gasteiger charge is 2.26. The summed E-state index contributed by atoms with van der Waals surface area (Å²) in [5, 5.41) is 4.55. The van der Waals surface area contributed by atoms with Crippen molar-refractivity contribution < 1.29 is 4.79 Å². The zero-order valence-corrected chi connectivity index (χ0v) is 17.2. The van der Waals surface area contributed by atoms with E-state index < -0.39 is 0 Å². The SMILES string of the molecule is Cc1cc(C)n(-c2cc(N3CCN(C(=O)CC4CCCC4)CC3)nc(C)n2)n1. The lowest BCUT2D eigenvalue weighted by Gasteiger charge is -2.36. The molecule has 2 aromatic rings. The third kappa shape index (κ3) is 4.03. The number of amides is 1. The average molecular weight is 383 g/mol. The molecule has 0 spiro atoms. The zero-order chi connectivity index (χ0) is 19.7. The Morgan fingerprint density at radius 1 is 1.00 bits per heavy atom. The summed E-state index contributed by atoms with van der Waals surface area (Å²) in [6, 6.07) is 4.05. The van der Waals surface area contributed by atoms with Crippen molar-refractivity contribution in [2.75, 3.05) is 31.1 Å². The number of hydrogen-bond donors (Lipinski definition) is 0. The van der Waals surface area contributed by atoms with Crippen LogP contribution in [-0.4, -0.2) is 56.7 Å². The quantitative estimate of drug-likeness (QED) is 0.813. The molecule has 1 aliphatic heterocycles. The van der Waals surface area contributed by atoms with E-state index >= 15 is 0 Å². The first-order chi connectivity index (χ1) is 13.5. The molecule has 4 rings (SSSR count). The van der Waals surface area contributed by atoms with Crippen molar-refractivity contribution in [1.82, 2.24) is 24.6 Å². The summed E-state index contributed by atoms with van der Waals surface area (Å²) < 4.78 is 1.87. The minimum absolute atomic E-state index is 0.328. The van der Waals surface area contributed by atoms with E-state index in [0.29, 0.717) is 11.8 Å². The maximum absolute atomic E-state index is 12.6. The van der Waals surface area contributed by atoms with E-state index in [1.165, 1.54) is 25.7 Å². The lowest BCUT2D eigenvalue weighted by molar-refractivity contribution is -0.132. The highest BCUT2D eigenvalue weighted by atomic mass is 16.2. The largest absolute Gasteiger partial charge is 0.353 e. The number of aromatic nitrogens is 4. The Kier molecular flexibility index (Phi) is 5.33. The summed E-state index contributed by atoms with van der Waals surface area (Å²) in [6.45, 7) is 9.09. The Bertz CT molecular complexity index is 847.